The third-order valence-corrected chi connectivity index (χ3v) is 8.77. The fourth-order valence-corrected chi connectivity index (χ4v) is 6.09. The summed E-state index contributed by atoms with van der Waals surface area (Å²) in [6.45, 7) is 8.51. The van der Waals surface area contributed by atoms with Gasteiger partial charge in [-0.25, -0.2) is 4.98 Å². The first-order valence-electron chi connectivity index (χ1n) is 15.8. The molecule has 2 amide bonds. The van der Waals surface area contributed by atoms with Gasteiger partial charge in [0.2, 0.25) is 0 Å². The fraction of sp³-hybridized carbons (Fsp3) is 0.333. The lowest BCUT2D eigenvalue weighted by molar-refractivity contribution is 0.0303. The number of rotatable bonds is 7. The number of hydrogen-bond donors (Lipinski definition) is 2. The van der Waals surface area contributed by atoms with E-state index in [0.29, 0.717) is 60.4 Å². The van der Waals surface area contributed by atoms with Crippen molar-refractivity contribution in [3.8, 4) is 11.3 Å². The third-order valence-electron chi connectivity index (χ3n) is 8.77. The van der Waals surface area contributed by atoms with E-state index in [-0.39, 0.29) is 23.2 Å². The zero-order chi connectivity index (χ0) is 32.2. The molecule has 4 aromatic rings. The number of nitrogens with zero attached hydrogens (tertiary/aromatic N) is 4. The van der Waals surface area contributed by atoms with Gasteiger partial charge in [0.25, 0.3) is 17.4 Å². The van der Waals surface area contributed by atoms with E-state index in [2.05, 4.69) is 27.4 Å². The number of ether oxygens (including phenoxy) is 1. The van der Waals surface area contributed by atoms with Gasteiger partial charge < -0.3 is 29.7 Å². The van der Waals surface area contributed by atoms with Crippen molar-refractivity contribution in [2.75, 3.05) is 54.9 Å². The molecule has 3 aromatic carbocycles. The normalized spacial score (nSPS) is 16.6. The van der Waals surface area contributed by atoms with Crippen molar-refractivity contribution in [3.05, 3.63) is 100.0 Å². The number of aromatic nitrogens is 2. The first-order valence-corrected chi connectivity index (χ1v) is 15.8. The number of amides is 2. The van der Waals surface area contributed by atoms with E-state index in [0.717, 1.165) is 29.9 Å². The summed E-state index contributed by atoms with van der Waals surface area (Å²) in [5.41, 5.74) is 5.52. The van der Waals surface area contributed by atoms with Crippen molar-refractivity contribution in [1.29, 1.82) is 0 Å². The molecule has 3 heterocycles. The number of aryl methyl sites for hydroxylation is 1. The maximum atomic E-state index is 13.2. The molecule has 1 atom stereocenters. The molecule has 1 unspecified atom stereocenters. The van der Waals surface area contributed by atoms with E-state index in [1.54, 1.807) is 42.4 Å². The molecule has 0 aliphatic carbocycles. The topological polar surface area (TPSA) is 109 Å². The summed E-state index contributed by atoms with van der Waals surface area (Å²) < 4.78 is 6.83. The van der Waals surface area contributed by atoms with E-state index in [4.69, 9.17) is 4.74 Å². The predicted molar refractivity (Wildman–Crippen MR) is 181 cm³/mol. The highest BCUT2D eigenvalue weighted by atomic mass is 16.5. The van der Waals surface area contributed by atoms with Gasteiger partial charge >= 0.3 is 0 Å². The van der Waals surface area contributed by atoms with Crippen LogP contribution in [0.25, 0.3) is 11.3 Å². The minimum Gasteiger partial charge on any atom is -0.378 e. The fourth-order valence-electron chi connectivity index (χ4n) is 6.09. The highest BCUT2D eigenvalue weighted by molar-refractivity contribution is 6.05. The lowest BCUT2D eigenvalue weighted by atomic mass is 9.99. The van der Waals surface area contributed by atoms with Gasteiger partial charge in [-0.1, -0.05) is 19.1 Å². The van der Waals surface area contributed by atoms with Gasteiger partial charge in [0.15, 0.2) is 5.82 Å². The van der Waals surface area contributed by atoms with Crippen molar-refractivity contribution in [1.82, 2.24) is 14.5 Å². The van der Waals surface area contributed by atoms with Gasteiger partial charge in [-0.2, -0.15) is 0 Å². The molecular weight excluding hydrogens is 580 g/mol. The van der Waals surface area contributed by atoms with E-state index in [1.807, 2.05) is 49.4 Å². The summed E-state index contributed by atoms with van der Waals surface area (Å²) in [7, 11) is 1.68. The lowest BCUT2D eigenvalue weighted by Crippen LogP contribution is -2.40. The van der Waals surface area contributed by atoms with Crippen LogP contribution in [-0.2, 0) is 11.8 Å². The maximum absolute atomic E-state index is 13.2. The lowest BCUT2D eigenvalue weighted by Gasteiger charge is -2.32. The van der Waals surface area contributed by atoms with Crippen LogP contribution < -0.4 is 21.1 Å². The van der Waals surface area contributed by atoms with Crippen molar-refractivity contribution < 1.29 is 14.3 Å². The van der Waals surface area contributed by atoms with Crippen LogP contribution in [0.1, 0.15) is 46.0 Å². The zero-order valence-corrected chi connectivity index (χ0v) is 26.6. The van der Waals surface area contributed by atoms with Gasteiger partial charge in [-0.3, -0.25) is 14.4 Å². The molecule has 46 heavy (non-hydrogen) atoms. The Kier molecular flexibility index (Phi) is 9.16. The minimum atomic E-state index is -0.290. The standard InChI is InChI=1S/C36H40N6O4/c1-24-6-5-17-42(22-24)29-15-11-26(12-16-29)34(43)39-31-8-4-7-30(25(31)2)32-23-40(3)36(45)33(38-32)37-28-13-9-27(10-14-28)35(44)41-18-20-46-21-19-41/h4,7-16,23-24H,5-6,17-22H2,1-3H3,(H,37,38)(H,39,43). The second-order valence-electron chi connectivity index (χ2n) is 12.2. The summed E-state index contributed by atoms with van der Waals surface area (Å²) >= 11 is 0. The minimum absolute atomic E-state index is 0.0440. The van der Waals surface area contributed by atoms with Crippen molar-refractivity contribution in [2.24, 2.45) is 13.0 Å². The SMILES string of the molecule is Cc1c(NC(=O)c2ccc(N3CCCC(C)C3)cc2)cccc1-c1cn(C)c(=O)c(Nc2ccc(C(=O)N3CCOCC3)cc2)n1. The van der Waals surface area contributed by atoms with Crippen LogP contribution >= 0.6 is 0 Å². The number of benzene rings is 3. The van der Waals surface area contributed by atoms with Crippen LogP contribution in [-0.4, -0.2) is 65.7 Å². The van der Waals surface area contributed by atoms with Crippen LogP contribution in [0.15, 0.2) is 77.7 Å². The van der Waals surface area contributed by atoms with Crippen LogP contribution in [0.3, 0.4) is 0 Å². The molecule has 2 aliphatic rings. The van der Waals surface area contributed by atoms with Gasteiger partial charge in [-0.05, 0) is 85.8 Å². The molecule has 1 aromatic heterocycles. The number of anilines is 4. The molecule has 0 saturated carbocycles. The van der Waals surface area contributed by atoms with Gasteiger partial charge in [-0.15, -0.1) is 0 Å². The van der Waals surface area contributed by atoms with E-state index < -0.39 is 0 Å². The summed E-state index contributed by atoms with van der Waals surface area (Å²) in [5.74, 6) is 0.594. The first-order chi connectivity index (χ1) is 22.3. The Morgan fingerprint density at radius 1 is 0.935 bits per heavy atom. The smallest absolute Gasteiger partial charge is 0.293 e. The van der Waals surface area contributed by atoms with E-state index in [1.165, 1.54) is 17.4 Å². The molecule has 10 nitrogen and oxygen atoms in total. The number of carbonyl (C=O) groups is 2. The molecule has 2 saturated heterocycles. The van der Waals surface area contributed by atoms with Crippen LogP contribution in [0.5, 0.6) is 0 Å². The van der Waals surface area contributed by atoms with Crippen molar-refractivity contribution >= 4 is 34.7 Å². The summed E-state index contributed by atoms with van der Waals surface area (Å²) in [6, 6.07) is 20.5. The molecule has 0 bridgehead atoms. The predicted octanol–water partition coefficient (Wildman–Crippen LogP) is 5.46. The molecule has 0 radical (unpaired) electrons. The summed E-state index contributed by atoms with van der Waals surface area (Å²) in [6.07, 6.45) is 4.13. The zero-order valence-electron chi connectivity index (χ0n) is 26.6. The molecule has 10 heteroatoms. The Labute approximate surface area is 269 Å². The van der Waals surface area contributed by atoms with Crippen LogP contribution in [0, 0.1) is 12.8 Å². The van der Waals surface area contributed by atoms with Gasteiger partial charge in [0.1, 0.15) is 0 Å². The first kappa shape index (κ1) is 31.0. The number of hydrogen-bond acceptors (Lipinski definition) is 7. The largest absolute Gasteiger partial charge is 0.378 e. The van der Waals surface area contributed by atoms with Crippen LogP contribution in [0.2, 0.25) is 0 Å². The second-order valence-corrected chi connectivity index (χ2v) is 12.2. The van der Waals surface area contributed by atoms with Crippen molar-refractivity contribution in [3.63, 3.8) is 0 Å². The summed E-state index contributed by atoms with van der Waals surface area (Å²) in [4.78, 5) is 47.9. The monoisotopic (exact) mass is 620 g/mol. The molecule has 0 spiro atoms. The number of morpholine rings is 1. The quantitative estimate of drug-likeness (QED) is 0.283. The highest BCUT2D eigenvalue weighted by Crippen LogP contribution is 2.29. The van der Waals surface area contributed by atoms with E-state index in [9.17, 15) is 14.4 Å². The molecular formula is C36H40N6O4. The Bertz CT molecular complexity index is 1780. The van der Waals surface area contributed by atoms with Crippen LogP contribution in [0.4, 0.5) is 22.9 Å². The molecule has 2 fully saturated rings. The molecule has 2 aliphatic heterocycles. The number of nitrogens with one attached hydrogen (secondary N) is 2. The Balaban J connectivity index is 1.17. The Hall–Kier alpha value is -4.96. The number of piperidine rings is 1. The van der Waals surface area contributed by atoms with Crippen molar-refractivity contribution in [2.45, 2.75) is 26.7 Å². The maximum Gasteiger partial charge on any atom is 0.293 e. The molecule has 2 N–H and O–H groups in total. The Morgan fingerprint density at radius 3 is 2.37 bits per heavy atom. The highest BCUT2D eigenvalue weighted by Gasteiger charge is 2.20. The molecule has 238 valence electrons. The average molecular weight is 621 g/mol. The van der Waals surface area contributed by atoms with Gasteiger partial charge in [0, 0.05) is 73.2 Å². The Morgan fingerprint density at radius 2 is 1.65 bits per heavy atom. The summed E-state index contributed by atoms with van der Waals surface area (Å²) in [5, 5.41) is 6.18. The van der Waals surface area contributed by atoms with E-state index >= 15 is 0 Å². The molecule has 6 rings (SSSR count). The second kappa shape index (κ2) is 13.6. The van der Waals surface area contributed by atoms with Gasteiger partial charge in [0.05, 0.1) is 18.9 Å². The average Bonchev–Trinajstić information content (AvgIpc) is 3.08. The third kappa shape index (κ3) is 6.82. The number of carbonyl (C=O) groups excluding carboxylic acids is 2.